The number of ketones is 1. The molecule has 0 saturated carbocycles. The Morgan fingerprint density at radius 1 is 1.50 bits per heavy atom. The molecule has 0 aliphatic carbocycles. The number of carbonyl (C=O) groups excluding carboxylic acids is 1. The summed E-state index contributed by atoms with van der Waals surface area (Å²) < 4.78 is 38.4. The van der Waals surface area contributed by atoms with Gasteiger partial charge >= 0.3 is 6.18 Å². The standard InChI is InChI=1S/C5H7F3O2/c1-10-3-2-4(9)5(6,7)8/h2-3H2,1H3. The van der Waals surface area contributed by atoms with Crippen molar-refractivity contribution in [2.45, 2.75) is 12.6 Å². The first-order valence-electron chi connectivity index (χ1n) is 2.57. The lowest BCUT2D eigenvalue weighted by Gasteiger charge is -2.02. The van der Waals surface area contributed by atoms with E-state index >= 15 is 0 Å². The van der Waals surface area contributed by atoms with E-state index in [1.807, 2.05) is 0 Å². The second-order valence-electron chi connectivity index (χ2n) is 1.66. The lowest BCUT2D eigenvalue weighted by molar-refractivity contribution is -0.171. The van der Waals surface area contributed by atoms with Crippen LogP contribution in [-0.4, -0.2) is 25.7 Å². The number of hydrogen-bond donors (Lipinski definition) is 0. The van der Waals surface area contributed by atoms with Gasteiger partial charge in [-0.2, -0.15) is 13.2 Å². The van der Waals surface area contributed by atoms with Crippen LogP contribution in [0.5, 0.6) is 0 Å². The highest BCUT2D eigenvalue weighted by atomic mass is 19.4. The zero-order chi connectivity index (χ0) is 8.20. The molecule has 0 radical (unpaired) electrons. The molecule has 60 valence electrons. The molecule has 5 heteroatoms. The zero-order valence-corrected chi connectivity index (χ0v) is 5.36. The van der Waals surface area contributed by atoms with Gasteiger partial charge in [0.2, 0.25) is 5.78 Å². The molecule has 0 unspecified atom stereocenters. The van der Waals surface area contributed by atoms with E-state index in [-0.39, 0.29) is 6.61 Å². The molecule has 10 heavy (non-hydrogen) atoms. The predicted molar refractivity (Wildman–Crippen MR) is 27.6 cm³/mol. The van der Waals surface area contributed by atoms with Gasteiger partial charge in [-0.05, 0) is 0 Å². The Morgan fingerprint density at radius 2 is 2.00 bits per heavy atom. The summed E-state index contributed by atoms with van der Waals surface area (Å²) in [6, 6.07) is 0. The molecule has 0 atom stereocenters. The van der Waals surface area contributed by atoms with Gasteiger partial charge in [0.05, 0.1) is 6.61 Å². The number of carbonyl (C=O) groups is 1. The van der Waals surface area contributed by atoms with Crippen molar-refractivity contribution >= 4 is 5.78 Å². The molecule has 0 aromatic carbocycles. The molecule has 0 aliphatic heterocycles. The number of hydrogen-bond acceptors (Lipinski definition) is 2. The van der Waals surface area contributed by atoms with Gasteiger partial charge in [0, 0.05) is 13.5 Å². The molecule has 0 fully saturated rings. The third-order valence-corrected chi connectivity index (χ3v) is 0.849. The van der Waals surface area contributed by atoms with Crippen molar-refractivity contribution < 1.29 is 22.7 Å². The largest absolute Gasteiger partial charge is 0.450 e. The second kappa shape index (κ2) is 3.55. The van der Waals surface area contributed by atoms with Gasteiger partial charge in [-0.25, -0.2) is 0 Å². The summed E-state index contributed by atoms with van der Waals surface area (Å²) in [5.74, 6) is -1.74. The summed E-state index contributed by atoms with van der Waals surface area (Å²) in [5.41, 5.74) is 0. The number of halogens is 3. The van der Waals surface area contributed by atoms with Crippen molar-refractivity contribution in [3.8, 4) is 0 Å². The Morgan fingerprint density at radius 3 is 2.30 bits per heavy atom. The van der Waals surface area contributed by atoms with Gasteiger partial charge in [0.25, 0.3) is 0 Å². The van der Waals surface area contributed by atoms with E-state index in [4.69, 9.17) is 0 Å². The lowest BCUT2D eigenvalue weighted by atomic mass is 10.3. The van der Waals surface area contributed by atoms with Gasteiger partial charge in [-0.3, -0.25) is 4.79 Å². The number of rotatable bonds is 3. The fourth-order valence-electron chi connectivity index (χ4n) is 0.336. The van der Waals surface area contributed by atoms with E-state index in [0.29, 0.717) is 0 Å². The third kappa shape index (κ3) is 3.45. The van der Waals surface area contributed by atoms with Crippen LogP contribution in [-0.2, 0) is 9.53 Å². The first kappa shape index (κ1) is 9.42. The molecule has 0 spiro atoms. The molecule has 0 bridgehead atoms. The van der Waals surface area contributed by atoms with E-state index in [9.17, 15) is 18.0 Å². The normalized spacial score (nSPS) is 11.6. The SMILES string of the molecule is COCCC(=O)C(F)(F)F. The van der Waals surface area contributed by atoms with Crippen LogP contribution in [0.25, 0.3) is 0 Å². The zero-order valence-electron chi connectivity index (χ0n) is 5.36. The number of methoxy groups -OCH3 is 1. The van der Waals surface area contributed by atoms with Crippen LogP contribution >= 0.6 is 0 Å². The van der Waals surface area contributed by atoms with Gasteiger partial charge in [0.1, 0.15) is 0 Å². The number of Topliss-reactive ketones (excluding diaryl/α,β-unsaturated/α-hetero) is 1. The van der Waals surface area contributed by atoms with Crippen molar-refractivity contribution in [3.05, 3.63) is 0 Å². The lowest BCUT2D eigenvalue weighted by Crippen LogP contribution is -2.23. The Labute approximate surface area is 56.0 Å². The summed E-state index contributed by atoms with van der Waals surface area (Å²) in [6.45, 7) is -0.182. The van der Waals surface area contributed by atoms with E-state index in [1.54, 1.807) is 0 Å². The minimum atomic E-state index is -4.71. The molecule has 0 heterocycles. The van der Waals surface area contributed by atoms with Gasteiger partial charge in [0.15, 0.2) is 0 Å². The fraction of sp³-hybridized carbons (Fsp3) is 0.800. The first-order valence-corrected chi connectivity index (χ1v) is 2.57. The average molecular weight is 156 g/mol. The summed E-state index contributed by atoms with van der Waals surface area (Å²) >= 11 is 0. The molecule has 0 saturated heterocycles. The molecule has 0 N–H and O–H groups in total. The summed E-state index contributed by atoms with van der Waals surface area (Å²) in [7, 11) is 1.24. The summed E-state index contributed by atoms with van der Waals surface area (Å²) in [6.07, 6.45) is -5.31. The molecule has 0 aromatic rings. The predicted octanol–water partition coefficient (Wildman–Crippen LogP) is 1.15. The van der Waals surface area contributed by atoms with Crippen molar-refractivity contribution in [2.24, 2.45) is 0 Å². The van der Waals surface area contributed by atoms with E-state index < -0.39 is 18.4 Å². The van der Waals surface area contributed by atoms with Crippen molar-refractivity contribution in [1.29, 1.82) is 0 Å². The molecule has 2 nitrogen and oxygen atoms in total. The second-order valence-corrected chi connectivity index (χ2v) is 1.66. The number of alkyl halides is 3. The van der Waals surface area contributed by atoms with Crippen LogP contribution < -0.4 is 0 Å². The highest BCUT2D eigenvalue weighted by Gasteiger charge is 2.37. The van der Waals surface area contributed by atoms with Gasteiger partial charge in [-0.15, -0.1) is 0 Å². The van der Waals surface area contributed by atoms with Gasteiger partial charge < -0.3 is 4.74 Å². The third-order valence-electron chi connectivity index (χ3n) is 0.849. The summed E-state index contributed by atoms with van der Waals surface area (Å²) in [4.78, 5) is 10.0. The Hall–Kier alpha value is -0.580. The van der Waals surface area contributed by atoms with Crippen molar-refractivity contribution in [3.63, 3.8) is 0 Å². The topological polar surface area (TPSA) is 26.3 Å². The van der Waals surface area contributed by atoms with E-state index in [0.717, 1.165) is 0 Å². The molecule has 0 aromatic heterocycles. The smallest absolute Gasteiger partial charge is 0.384 e. The van der Waals surface area contributed by atoms with Crippen LogP contribution in [0.4, 0.5) is 13.2 Å². The Balaban J connectivity index is 3.64. The maximum Gasteiger partial charge on any atom is 0.450 e. The molecular formula is C5H7F3O2. The average Bonchev–Trinajstić information content (AvgIpc) is 1.80. The molecule has 0 aliphatic rings. The van der Waals surface area contributed by atoms with Crippen LogP contribution in [0.1, 0.15) is 6.42 Å². The maximum atomic E-state index is 11.4. The van der Waals surface area contributed by atoms with E-state index in [1.165, 1.54) is 7.11 Å². The van der Waals surface area contributed by atoms with Gasteiger partial charge in [-0.1, -0.05) is 0 Å². The van der Waals surface area contributed by atoms with Crippen molar-refractivity contribution in [2.75, 3.05) is 13.7 Å². The van der Waals surface area contributed by atoms with Crippen LogP contribution in [0.3, 0.4) is 0 Å². The van der Waals surface area contributed by atoms with Crippen LogP contribution in [0.2, 0.25) is 0 Å². The minimum absolute atomic E-state index is 0.182. The highest BCUT2D eigenvalue weighted by Crippen LogP contribution is 2.17. The Bertz CT molecular complexity index is 119. The van der Waals surface area contributed by atoms with Crippen LogP contribution in [0.15, 0.2) is 0 Å². The Kier molecular flexibility index (Phi) is 3.35. The monoisotopic (exact) mass is 156 g/mol. The fourth-order valence-corrected chi connectivity index (χ4v) is 0.336. The molecule has 0 amide bonds. The molecule has 0 rings (SSSR count). The summed E-state index contributed by atoms with van der Waals surface area (Å²) in [5, 5.41) is 0. The van der Waals surface area contributed by atoms with E-state index in [2.05, 4.69) is 4.74 Å². The number of ether oxygens (including phenoxy) is 1. The highest BCUT2D eigenvalue weighted by molar-refractivity contribution is 5.83. The molecular weight excluding hydrogens is 149 g/mol. The maximum absolute atomic E-state index is 11.4. The van der Waals surface area contributed by atoms with Crippen molar-refractivity contribution in [1.82, 2.24) is 0 Å². The first-order chi connectivity index (χ1) is 4.48. The van der Waals surface area contributed by atoms with Crippen LogP contribution in [0, 0.1) is 0 Å². The minimum Gasteiger partial charge on any atom is -0.384 e. The quantitative estimate of drug-likeness (QED) is 0.612.